The zero-order valence-corrected chi connectivity index (χ0v) is 23.3. The third kappa shape index (κ3) is 5.30. The molecule has 0 radical (unpaired) electrons. The van der Waals surface area contributed by atoms with Crippen molar-refractivity contribution < 1.29 is 34.1 Å². The summed E-state index contributed by atoms with van der Waals surface area (Å²) >= 11 is 0. The molecule has 11 heteroatoms. The lowest BCUT2D eigenvalue weighted by molar-refractivity contribution is -0.0437. The molecule has 1 aliphatic heterocycles. The fraction of sp³-hybridized carbons (Fsp3) is 0.182. The zero-order chi connectivity index (χ0) is 31.4. The molecule has 0 saturated carbocycles. The molecule has 11 nitrogen and oxygen atoms in total. The van der Waals surface area contributed by atoms with E-state index in [1.54, 1.807) is 48.5 Å². The number of aromatic nitrogens is 2. The first-order valence-corrected chi connectivity index (χ1v) is 13.5. The van der Waals surface area contributed by atoms with E-state index in [0.717, 1.165) is 10.6 Å². The van der Waals surface area contributed by atoms with Crippen molar-refractivity contribution in [3.05, 3.63) is 140 Å². The predicted octanol–water partition coefficient (Wildman–Crippen LogP) is 3.43. The van der Waals surface area contributed by atoms with Gasteiger partial charge in [-0.3, -0.25) is 14.3 Å². The smallest absolute Gasteiger partial charge is 0.338 e. The molecule has 2 heterocycles. The van der Waals surface area contributed by atoms with Crippen molar-refractivity contribution in [3.63, 3.8) is 0 Å². The number of H-pyrrole nitrogens is 1. The molecule has 4 atom stereocenters. The van der Waals surface area contributed by atoms with E-state index in [4.69, 9.17) is 9.47 Å². The molecule has 0 unspecified atom stereocenters. The van der Waals surface area contributed by atoms with Crippen LogP contribution in [0.5, 0.6) is 0 Å². The van der Waals surface area contributed by atoms with Crippen molar-refractivity contribution in [2.24, 2.45) is 0 Å². The van der Waals surface area contributed by atoms with Gasteiger partial charge in [0, 0.05) is 18.2 Å². The molecule has 3 aromatic carbocycles. The molecule has 4 aromatic rings. The van der Waals surface area contributed by atoms with Crippen molar-refractivity contribution in [2.45, 2.75) is 30.6 Å². The van der Waals surface area contributed by atoms with Crippen LogP contribution in [0, 0.1) is 11.8 Å². The summed E-state index contributed by atoms with van der Waals surface area (Å²) in [6.07, 6.45) is -1.36. The van der Waals surface area contributed by atoms with E-state index in [2.05, 4.69) is 16.8 Å². The van der Waals surface area contributed by atoms with Crippen molar-refractivity contribution in [1.82, 2.24) is 9.55 Å². The molecule has 44 heavy (non-hydrogen) atoms. The van der Waals surface area contributed by atoms with Gasteiger partial charge in [-0.25, -0.2) is 19.2 Å². The number of carboxylic acids is 2. The highest BCUT2D eigenvalue weighted by Gasteiger charge is 2.60. The predicted molar refractivity (Wildman–Crippen MR) is 157 cm³/mol. The second-order valence-electron chi connectivity index (χ2n) is 9.97. The third-order valence-corrected chi connectivity index (χ3v) is 7.51. The van der Waals surface area contributed by atoms with Crippen LogP contribution in [0.2, 0.25) is 0 Å². The Labute approximate surface area is 250 Å². The molecular weight excluding hydrogens is 568 g/mol. The summed E-state index contributed by atoms with van der Waals surface area (Å²) in [6, 6.07) is 21.4. The lowest BCUT2D eigenvalue weighted by Gasteiger charge is -2.37. The molecule has 1 aliphatic rings. The molecule has 3 N–H and O–H groups in total. The first kappa shape index (κ1) is 29.8. The Balaban J connectivity index is 1.82. The number of hydrogen-bond donors (Lipinski definition) is 3. The second kappa shape index (κ2) is 12.2. The zero-order valence-electron chi connectivity index (χ0n) is 23.3. The van der Waals surface area contributed by atoms with Gasteiger partial charge in [-0.2, -0.15) is 0 Å². The molecule has 222 valence electrons. The Kier molecular flexibility index (Phi) is 8.28. The molecule has 0 amide bonds. The van der Waals surface area contributed by atoms with E-state index in [1.807, 2.05) is 0 Å². The Hall–Kier alpha value is -5.73. The van der Waals surface area contributed by atoms with Crippen molar-refractivity contribution in [2.75, 3.05) is 6.61 Å². The van der Waals surface area contributed by atoms with Crippen molar-refractivity contribution >= 4 is 17.9 Å². The minimum atomic E-state index is -1.75. The summed E-state index contributed by atoms with van der Waals surface area (Å²) in [6.45, 7) is 1.10. The van der Waals surface area contributed by atoms with Gasteiger partial charge in [0.15, 0.2) is 6.23 Å². The Bertz CT molecular complexity index is 1920. The maximum atomic E-state index is 13.2. The molecule has 5 rings (SSSR count). The van der Waals surface area contributed by atoms with Crippen LogP contribution < -0.4 is 11.2 Å². The topological polar surface area (TPSA) is 165 Å². The monoisotopic (exact) mass is 594 g/mol. The summed E-state index contributed by atoms with van der Waals surface area (Å²) in [5.74, 6) is 1.60. The maximum absolute atomic E-state index is 13.2. The van der Waals surface area contributed by atoms with Gasteiger partial charge in [0.2, 0.25) is 0 Å². The van der Waals surface area contributed by atoms with Gasteiger partial charge in [-0.1, -0.05) is 60.5 Å². The highest BCUT2D eigenvalue weighted by atomic mass is 16.6. The average molecular weight is 595 g/mol. The summed E-state index contributed by atoms with van der Waals surface area (Å²) in [7, 11) is 0. The summed E-state index contributed by atoms with van der Waals surface area (Å²) in [5, 5.41) is 20.5. The van der Waals surface area contributed by atoms with Crippen LogP contribution in [0.25, 0.3) is 0 Å². The number of ether oxygens (including phenoxy) is 2. The highest BCUT2D eigenvalue weighted by Crippen LogP contribution is 2.57. The number of rotatable bonds is 8. The second-order valence-corrected chi connectivity index (χ2v) is 9.97. The fourth-order valence-corrected chi connectivity index (χ4v) is 5.80. The van der Waals surface area contributed by atoms with Gasteiger partial charge in [0.1, 0.15) is 18.1 Å². The number of nitrogens with zero attached hydrogens (tertiary/aromatic N) is 1. The lowest BCUT2D eigenvalue weighted by Crippen LogP contribution is -2.43. The number of carboxylic acid groups (broad SMARTS) is 2. The first-order chi connectivity index (χ1) is 21.2. The van der Waals surface area contributed by atoms with E-state index in [0.29, 0.717) is 0 Å². The Morgan fingerprint density at radius 1 is 0.909 bits per heavy atom. The van der Waals surface area contributed by atoms with Gasteiger partial charge in [0.25, 0.3) is 5.56 Å². The standard InChI is InChI=1S/C33H26N2O9/c1-2-17-33(24-15-9-8-14-23(24)29(39)40)27(21-12-6-7-13-22(21)28(37)38)25(19-43-30(41)20-10-4-3-5-11-20)44-31(33)35-18-16-26(36)34-32(35)42/h3-16,18,25,27,31H,19H2,1H3,(H,37,38)(H,39,40)(H,34,36,42)/t25-,27-,31+,33+/m0/s1. The molecule has 1 aromatic heterocycles. The third-order valence-electron chi connectivity index (χ3n) is 7.51. The van der Waals surface area contributed by atoms with E-state index in [1.165, 1.54) is 43.5 Å². The van der Waals surface area contributed by atoms with Crippen LogP contribution >= 0.6 is 0 Å². The molecule has 0 aliphatic carbocycles. The van der Waals surface area contributed by atoms with Crippen LogP contribution in [0.1, 0.15) is 61.3 Å². The molecule has 1 saturated heterocycles. The number of aromatic carboxylic acids is 2. The Morgan fingerprint density at radius 2 is 1.55 bits per heavy atom. The van der Waals surface area contributed by atoms with Gasteiger partial charge < -0.3 is 19.7 Å². The fourth-order valence-electron chi connectivity index (χ4n) is 5.80. The summed E-state index contributed by atoms with van der Waals surface area (Å²) in [4.78, 5) is 65.5. The minimum Gasteiger partial charge on any atom is -0.478 e. The Morgan fingerprint density at radius 3 is 2.20 bits per heavy atom. The van der Waals surface area contributed by atoms with Crippen LogP contribution in [0.15, 0.2) is 101 Å². The number of carbonyl (C=O) groups excluding carboxylic acids is 1. The minimum absolute atomic E-state index is 0.120. The highest BCUT2D eigenvalue weighted by molar-refractivity contribution is 5.92. The number of nitrogens with one attached hydrogen (secondary N) is 1. The first-order valence-electron chi connectivity index (χ1n) is 13.5. The van der Waals surface area contributed by atoms with Gasteiger partial charge in [-0.15, -0.1) is 5.92 Å². The summed E-state index contributed by atoms with van der Waals surface area (Å²) < 4.78 is 13.2. The van der Waals surface area contributed by atoms with E-state index >= 15 is 0 Å². The number of hydrogen-bond acceptors (Lipinski definition) is 7. The number of benzene rings is 3. The molecule has 0 spiro atoms. The summed E-state index contributed by atoms with van der Waals surface area (Å²) in [5.41, 5.74) is -2.98. The van der Waals surface area contributed by atoms with Crippen LogP contribution in [0.3, 0.4) is 0 Å². The van der Waals surface area contributed by atoms with E-state index in [9.17, 15) is 34.2 Å². The number of esters is 1. The molecule has 1 fully saturated rings. The molecular formula is C33H26N2O9. The maximum Gasteiger partial charge on any atom is 0.338 e. The molecule has 0 bridgehead atoms. The quantitative estimate of drug-likeness (QED) is 0.205. The van der Waals surface area contributed by atoms with Gasteiger partial charge in [-0.05, 0) is 42.3 Å². The normalized spacial score (nSPS) is 20.7. The number of carbonyl (C=O) groups is 3. The lowest BCUT2D eigenvalue weighted by atomic mass is 9.64. The van der Waals surface area contributed by atoms with E-state index < -0.39 is 59.4 Å². The van der Waals surface area contributed by atoms with Crippen LogP contribution in [-0.4, -0.2) is 50.4 Å². The van der Waals surface area contributed by atoms with Crippen molar-refractivity contribution in [1.29, 1.82) is 0 Å². The van der Waals surface area contributed by atoms with Gasteiger partial charge >= 0.3 is 23.6 Å². The number of aromatic amines is 1. The SMILES string of the molecule is CC#C[C@@]1(c2ccccc2C(=O)O)[C@@H](c2ccccc2C(=O)O)[C@H](COC(=O)c2ccccc2)O[C@H]1n1ccc(=O)[nH]c1=O. The average Bonchev–Trinajstić information content (AvgIpc) is 3.34. The van der Waals surface area contributed by atoms with Crippen molar-refractivity contribution in [3.8, 4) is 11.8 Å². The largest absolute Gasteiger partial charge is 0.478 e. The van der Waals surface area contributed by atoms with E-state index in [-0.39, 0.29) is 27.8 Å². The van der Waals surface area contributed by atoms with Crippen LogP contribution in [0.4, 0.5) is 0 Å². The van der Waals surface area contributed by atoms with Gasteiger partial charge in [0.05, 0.1) is 16.7 Å². The van der Waals surface area contributed by atoms with Crippen LogP contribution in [-0.2, 0) is 14.9 Å².